The molecule has 0 amide bonds. The average Bonchev–Trinajstić information content (AvgIpc) is 3.29. The van der Waals surface area contributed by atoms with Crippen molar-refractivity contribution < 1.29 is 4.39 Å². The van der Waals surface area contributed by atoms with E-state index >= 15 is 0 Å². The van der Waals surface area contributed by atoms with Crippen LogP contribution in [0.5, 0.6) is 0 Å². The van der Waals surface area contributed by atoms with Gasteiger partial charge in [0.2, 0.25) is 0 Å². The molecule has 28 heavy (non-hydrogen) atoms. The Morgan fingerprint density at radius 1 is 1.29 bits per heavy atom. The lowest BCUT2D eigenvalue weighted by molar-refractivity contribution is 0.472. The number of halogens is 1. The molecule has 0 aliphatic heterocycles. The first-order valence-electron chi connectivity index (χ1n) is 9.14. The van der Waals surface area contributed by atoms with Gasteiger partial charge >= 0.3 is 0 Å². The third-order valence-corrected chi connectivity index (χ3v) is 5.39. The minimum absolute atomic E-state index is 0.232. The van der Waals surface area contributed by atoms with Crippen molar-refractivity contribution >= 4 is 17.3 Å². The summed E-state index contributed by atoms with van der Waals surface area (Å²) in [6.45, 7) is 3.66. The van der Waals surface area contributed by atoms with Gasteiger partial charge in [-0.1, -0.05) is 18.2 Å². The van der Waals surface area contributed by atoms with Crippen LogP contribution >= 0.6 is 11.3 Å². The number of hydrogen-bond donors (Lipinski definition) is 1. The summed E-state index contributed by atoms with van der Waals surface area (Å²) in [7, 11) is 3.88. The van der Waals surface area contributed by atoms with Gasteiger partial charge in [-0.25, -0.2) is 9.38 Å². The quantitative estimate of drug-likeness (QED) is 0.489. The lowest BCUT2D eigenvalue weighted by Crippen LogP contribution is -2.39. The molecule has 6 nitrogen and oxygen atoms in total. The van der Waals surface area contributed by atoms with Crippen molar-refractivity contribution in [2.75, 3.05) is 13.6 Å². The molecule has 0 saturated heterocycles. The van der Waals surface area contributed by atoms with Gasteiger partial charge in [0.15, 0.2) is 11.8 Å². The van der Waals surface area contributed by atoms with Crippen LogP contribution in [0.3, 0.4) is 0 Å². The van der Waals surface area contributed by atoms with Crippen molar-refractivity contribution in [2.24, 2.45) is 12.0 Å². The maximum absolute atomic E-state index is 13.5. The second-order valence-electron chi connectivity index (χ2n) is 6.60. The van der Waals surface area contributed by atoms with Gasteiger partial charge in [0.05, 0.1) is 0 Å². The van der Waals surface area contributed by atoms with Gasteiger partial charge in [0.25, 0.3) is 0 Å². The van der Waals surface area contributed by atoms with Crippen LogP contribution in [0.1, 0.15) is 22.1 Å². The molecule has 8 heteroatoms. The number of thiophene rings is 1. The highest BCUT2D eigenvalue weighted by Gasteiger charge is 2.10. The molecule has 0 aliphatic carbocycles. The van der Waals surface area contributed by atoms with Crippen molar-refractivity contribution in [1.29, 1.82) is 0 Å². The minimum Gasteiger partial charge on any atom is -0.356 e. The number of benzene rings is 1. The largest absolute Gasteiger partial charge is 0.356 e. The summed E-state index contributed by atoms with van der Waals surface area (Å²) in [6.07, 6.45) is 0.924. The molecule has 0 atom stereocenters. The van der Waals surface area contributed by atoms with Gasteiger partial charge in [-0.2, -0.15) is 0 Å². The molecule has 3 rings (SSSR count). The Kier molecular flexibility index (Phi) is 6.76. The fourth-order valence-electron chi connectivity index (χ4n) is 2.78. The number of aliphatic imine (C=N–C) groups is 1. The van der Waals surface area contributed by atoms with Crippen molar-refractivity contribution in [3.05, 3.63) is 69.7 Å². The molecule has 0 unspecified atom stereocenters. The molecule has 2 heterocycles. The van der Waals surface area contributed by atoms with E-state index in [1.54, 1.807) is 23.5 Å². The summed E-state index contributed by atoms with van der Waals surface area (Å²) < 4.78 is 15.4. The molecule has 1 N–H and O–H groups in total. The Hall–Kier alpha value is -2.74. The molecule has 2 aromatic heterocycles. The molecule has 1 aromatic carbocycles. The first-order valence-corrected chi connectivity index (χ1v) is 10.0. The maximum Gasteiger partial charge on any atom is 0.194 e. The Morgan fingerprint density at radius 2 is 2.14 bits per heavy atom. The first-order chi connectivity index (χ1) is 13.5. The van der Waals surface area contributed by atoms with E-state index in [2.05, 4.69) is 33.0 Å². The van der Waals surface area contributed by atoms with E-state index in [1.165, 1.54) is 10.9 Å². The SMILES string of the molecule is Cc1nnc(CN=C(NCCc2cccs2)N(C)Cc2cccc(F)c2)n1C. The predicted octanol–water partition coefficient (Wildman–Crippen LogP) is 3.14. The first kappa shape index (κ1) is 20.0. The number of rotatable bonds is 7. The summed E-state index contributed by atoms with van der Waals surface area (Å²) in [5.41, 5.74) is 0.893. The highest BCUT2D eigenvalue weighted by molar-refractivity contribution is 7.09. The van der Waals surface area contributed by atoms with Crippen LogP contribution < -0.4 is 5.32 Å². The van der Waals surface area contributed by atoms with E-state index in [0.717, 1.165) is 36.1 Å². The number of aromatic nitrogens is 3. The van der Waals surface area contributed by atoms with E-state index in [4.69, 9.17) is 4.99 Å². The van der Waals surface area contributed by atoms with Crippen LogP contribution in [0, 0.1) is 12.7 Å². The molecule has 3 aromatic rings. The highest BCUT2D eigenvalue weighted by atomic mass is 32.1. The van der Waals surface area contributed by atoms with Gasteiger partial charge in [0.1, 0.15) is 18.2 Å². The molecule has 0 fully saturated rings. The smallest absolute Gasteiger partial charge is 0.194 e. The molecule has 0 aliphatic rings. The lowest BCUT2D eigenvalue weighted by Gasteiger charge is -2.22. The summed E-state index contributed by atoms with van der Waals surface area (Å²) in [4.78, 5) is 8.04. The zero-order valence-corrected chi connectivity index (χ0v) is 17.2. The molecule has 0 radical (unpaired) electrons. The van der Waals surface area contributed by atoms with E-state index in [1.807, 2.05) is 36.6 Å². The number of nitrogens with one attached hydrogen (secondary N) is 1. The Morgan fingerprint density at radius 3 is 2.82 bits per heavy atom. The maximum atomic E-state index is 13.5. The second kappa shape index (κ2) is 9.45. The summed E-state index contributed by atoms with van der Waals surface area (Å²) in [6, 6.07) is 10.8. The van der Waals surface area contributed by atoms with Gasteiger partial charge < -0.3 is 14.8 Å². The van der Waals surface area contributed by atoms with Crippen molar-refractivity contribution in [1.82, 2.24) is 25.0 Å². The van der Waals surface area contributed by atoms with Gasteiger partial charge in [-0.05, 0) is 42.5 Å². The third-order valence-electron chi connectivity index (χ3n) is 4.46. The van der Waals surface area contributed by atoms with Gasteiger partial charge in [0, 0.05) is 32.1 Å². The summed E-state index contributed by atoms with van der Waals surface area (Å²) in [5.74, 6) is 2.17. The molecular weight excluding hydrogens is 375 g/mol. The molecule has 148 valence electrons. The van der Waals surface area contributed by atoms with Crippen LogP contribution in [0.25, 0.3) is 0 Å². The number of nitrogens with zero attached hydrogens (tertiary/aromatic N) is 5. The van der Waals surface area contributed by atoms with Gasteiger partial charge in [-0.3, -0.25) is 0 Å². The average molecular weight is 401 g/mol. The molecule has 0 bridgehead atoms. The minimum atomic E-state index is -0.232. The van der Waals surface area contributed by atoms with E-state index in [9.17, 15) is 4.39 Å². The standard InChI is InChI=1S/C20H25FN6S/c1-15-24-25-19(27(15)3)13-23-20(22-10-9-18-8-5-11-28-18)26(2)14-16-6-4-7-17(21)12-16/h4-8,11-12H,9-10,13-14H2,1-3H3,(H,22,23). The van der Waals surface area contributed by atoms with Gasteiger partial charge in [-0.15, -0.1) is 21.5 Å². The normalized spacial score (nSPS) is 11.6. The Bertz CT molecular complexity index is 919. The Balaban J connectivity index is 1.70. The fraction of sp³-hybridized carbons (Fsp3) is 0.350. The monoisotopic (exact) mass is 400 g/mol. The predicted molar refractivity (Wildman–Crippen MR) is 111 cm³/mol. The lowest BCUT2D eigenvalue weighted by atomic mass is 10.2. The topological polar surface area (TPSA) is 58.3 Å². The summed E-state index contributed by atoms with van der Waals surface area (Å²) >= 11 is 1.75. The number of aryl methyl sites for hydroxylation is 1. The molecular formula is C20H25FN6S. The van der Waals surface area contributed by atoms with Crippen molar-refractivity contribution in [2.45, 2.75) is 26.4 Å². The highest BCUT2D eigenvalue weighted by Crippen LogP contribution is 2.09. The van der Waals surface area contributed by atoms with Crippen LogP contribution in [-0.2, 0) is 26.6 Å². The van der Waals surface area contributed by atoms with Crippen LogP contribution in [0.4, 0.5) is 4.39 Å². The van der Waals surface area contributed by atoms with Crippen molar-refractivity contribution in [3.63, 3.8) is 0 Å². The number of hydrogen-bond acceptors (Lipinski definition) is 4. The zero-order valence-electron chi connectivity index (χ0n) is 16.4. The second-order valence-corrected chi connectivity index (χ2v) is 7.64. The van der Waals surface area contributed by atoms with E-state index in [-0.39, 0.29) is 5.82 Å². The summed E-state index contributed by atoms with van der Waals surface area (Å²) in [5, 5.41) is 13.8. The van der Waals surface area contributed by atoms with Crippen LogP contribution in [0.2, 0.25) is 0 Å². The van der Waals surface area contributed by atoms with Crippen LogP contribution in [-0.4, -0.2) is 39.2 Å². The Labute approximate surface area is 168 Å². The fourth-order valence-corrected chi connectivity index (χ4v) is 3.49. The zero-order chi connectivity index (χ0) is 19.9. The molecule has 0 saturated carbocycles. The van der Waals surface area contributed by atoms with Crippen LogP contribution in [0.15, 0.2) is 46.8 Å². The van der Waals surface area contributed by atoms with Crippen molar-refractivity contribution in [3.8, 4) is 0 Å². The number of guanidine groups is 1. The van der Waals surface area contributed by atoms with E-state index < -0.39 is 0 Å². The molecule has 0 spiro atoms. The third kappa shape index (κ3) is 5.39. The van der Waals surface area contributed by atoms with E-state index in [0.29, 0.717) is 13.1 Å².